The Bertz CT molecular complexity index is 1910. The third-order valence-corrected chi connectivity index (χ3v) is 9.14. The number of nitrogens with zero attached hydrogens (tertiary/aromatic N) is 5. The lowest BCUT2D eigenvalue weighted by atomic mass is 9.97. The maximum Gasteiger partial charge on any atom is 0.410 e. The van der Waals surface area contributed by atoms with E-state index in [0.29, 0.717) is 29.7 Å². The molecule has 0 spiro atoms. The van der Waals surface area contributed by atoms with Gasteiger partial charge in [-0.3, -0.25) is 9.69 Å². The van der Waals surface area contributed by atoms with Gasteiger partial charge < -0.3 is 14.4 Å². The molecule has 248 valence electrons. The van der Waals surface area contributed by atoms with Crippen molar-refractivity contribution < 1.29 is 23.5 Å². The summed E-state index contributed by atoms with van der Waals surface area (Å²) in [6, 6.07) is 10.2. The molecule has 3 atom stereocenters. The van der Waals surface area contributed by atoms with Crippen LogP contribution in [0.3, 0.4) is 0 Å². The van der Waals surface area contributed by atoms with Crippen LogP contribution in [0.25, 0.3) is 32.9 Å². The molecule has 0 aliphatic carbocycles. The van der Waals surface area contributed by atoms with Crippen molar-refractivity contribution in [3.63, 3.8) is 0 Å². The molecule has 2 aliphatic rings. The number of pyridine rings is 1. The van der Waals surface area contributed by atoms with Crippen molar-refractivity contribution in [3.05, 3.63) is 52.7 Å². The molecule has 2 fully saturated rings. The fraction of sp³-hybridized carbons (Fsp3) is 0.457. The van der Waals surface area contributed by atoms with Gasteiger partial charge in [0.25, 0.3) is 0 Å². The highest BCUT2D eigenvalue weighted by Crippen LogP contribution is 2.44. The number of halogens is 3. The van der Waals surface area contributed by atoms with Gasteiger partial charge in [0.15, 0.2) is 5.82 Å². The number of hydrogen-bond acceptors (Lipinski definition) is 8. The Morgan fingerprint density at radius 2 is 1.74 bits per heavy atom. The molecular weight excluding hydrogens is 644 g/mol. The maximum atomic E-state index is 16.8. The average Bonchev–Trinajstić information content (AvgIpc) is 3.31. The summed E-state index contributed by atoms with van der Waals surface area (Å²) >= 11 is 13.4. The molecule has 12 heteroatoms. The van der Waals surface area contributed by atoms with E-state index >= 15 is 4.39 Å². The first-order valence-corrected chi connectivity index (χ1v) is 16.6. The minimum absolute atomic E-state index is 0.000934. The number of hydrogen-bond donors (Lipinski definition) is 0. The van der Waals surface area contributed by atoms with E-state index in [2.05, 4.69) is 19.9 Å². The summed E-state index contributed by atoms with van der Waals surface area (Å²) in [6.45, 7) is 13.3. The van der Waals surface area contributed by atoms with Crippen LogP contribution in [0, 0.1) is 11.2 Å². The smallest absolute Gasteiger partial charge is 0.410 e. The molecule has 6 rings (SSSR count). The number of piperazine rings is 1. The summed E-state index contributed by atoms with van der Waals surface area (Å²) in [5.74, 6) is -0.545. The first-order chi connectivity index (χ1) is 22.1. The van der Waals surface area contributed by atoms with Crippen LogP contribution >= 0.6 is 23.2 Å². The number of amides is 1. The number of carbonyl (C=O) groups is 2. The quantitative estimate of drug-likeness (QED) is 0.0914. The number of ether oxygens (including phenoxy) is 2. The lowest BCUT2D eigenvalue weighted by Gasteiger charge is -2.47. The fourth-order valence-corrected chi connectivity index (χ4v) is 7.07. The number of fused-ring (bicyclic) bond motifs is 4. The van der Waals surface area contributed by atoms with Gasteiger partial charge in [-0.1, -0.05) is 42.8 Å². The first-order valence-electron chi connectivity index (χ1n) is 15.8. The molecule has 2 saturated heterocycles. The summed E-state index contributed by atoms with van der Waals surface area (Å²) in [5.41, 5.74) is -1.13. The van der Waals surface area contributed by atoms with Crippen LogP contribution in [0.5, 0.6) is 5.75 Å². The first kappa shape index (κ1) is 33.2. The number of aromatic nitrogens is 3. The molecule has 1 amide bonds. The van der Waals surface area contributed by atoms with Crippen molar-refractivity contribution in [1.82, 2.24) is 19.9 Å². The average molecular weight is 683 g/mol. The van der Waals surface area contributed by atoms with E-state index in [-0.39, 0.29) is 57.0 Å². The van der Waals surface area contributed by atoms with Crippen molar-refractivity contribution in [2.24, 2.45) is 5.41 Å². The molecule has 2 aliphatic heterocycles. The van der Waals surface area contributed by atoms with Gasteiger partial charge in [-0.2, -0.15) is 4.98 Å². The molecule has 4 heterocycles. The zero-order valence-electron chi connectivity index (χ0n) is 27.5. The SMILES string of the molecule is CC[C@@H]1[C@@H]2CC[C@H](CN1c1nc(Cl)nc3c(F)c(-c4cc(OC(=O)C(C)(C)C)cc5ccccc45)nc(Cl)c13)N2C(=O)OC(C)(C)C. The summed E-state index contributed by atoms with van der Waals surface area (Å²) < 4.78 is 28.3. The zero-order valence-corrected chi connectivity index (χ0v) is 29.0. The Kier molecular flexibility index (Phi) is 8.49. The molecule has 2 aromatic carbocycles. The summed E-state index contributed by atoms with van der Waals surface area (Å²) in [7, 11) is 0. The van der Waals surface area contributed by atoms with Gasteiger partial charge in [0.1, 0.15) is 33.5 Å². The number of esters is 1. The Morgan fingerprint density at radius 3 is 2.43 bits per heavy atom. The molecule has 0 unspecified atom stereocenters. The van der Waals surface area contributed by atoms with E-state index in [4.69, 9.17) is 32.7 Å². The molecule has 47 heavy (non-hydrogen) atoms. The van der Waals surface area contributed by atoms with E-state index in [1.807, 2.05) is 56.9 Å². The van der Waals surface area contributed by atoms with Crippen molar-refractivity contribution >= 4 is 62.8 Å². The van der Waals surface area contributed by atoms with Gasteiger partial charge in [0.05, 0.1) is 28.9 Å². The van der Waals surface area contributed by atoms with Gasteiger partial charge in [-0.15, -0.1) is 0 Å². The number of carbonyl (C=O) groups excluding carboxylic acids is 2. The highest BCUT2D eigenvalue weighted by molar-refractivity contribution is 6.36. The normalized spacial score (nSPS) is 19.8. The van der Waals surface area contributed by atoms with E-state index in [1.165, 1.54) is 0 Å². The monoisotopic (exact) mass is 681 g/mol. The van der Waals surface area contributed by atoms with Crippen molar-refractivity contribution in [2.45, 2.75) is 91.5 Å². The van der Waals surface area contributed by atoms with E-state index in [9.17, 15) is 9.59 Å². The highest BCUT2D eigenvalue weighted by atomic mass is 35.5. The maximum absolute atomic E-state index is 16.8. The van der Waals surface area contributed by atoms with E-state index in [1.54, 1.807) is 32.9 Å². The van der Waals surface area contributed by atoms with Crippen LogP contribution < -0.4 is 9.64 Å². The van der Waals surface area contributed by atoms with Crippen LogP contribution in [-0.2, 0) is 9.53 Å². The van der Waals surface area contributed by atoms with Gasteiger partial charge in [-0.25, -0.2) is 19.2 Å². The Morgan fingerprint density at radius 1 is 1.02 bits per heavy atom. The van der Waals surface area contributed by atoms with Crippen LogP contribution in [-0.4, -0.2) is 62.2 Å². The van der Waals surface area contributed by atoms with Crippen LogP contribution in [0.2, 0.25) is 10.4 Å². The van der Waals surface area contributed by atoms with Gasteiger partial charge >= 0.3 is 12.1 Å². The minimum Gasteiger partial charge on any atom is -0.444 e. The Labute approximate surface area is 283 Å². The predicted molar refractivity (Wildman–Crippen MR) is 182 cm³/mol. The summed E-state index contributed by atoms with van der Waals surface area (Å²) in [6.07, 6.45) is 1.93. The topological polar surface area (TPSA) is 97.8 Å². The van der Waals surface area contributed by atoms with Gasteiger partial charge in [-0.05, 0) is 95.3 Å². The molecule has 2 bridgehead atoms. The van der Waals surface area contributed by atoms with E-state index < -0.39 is 22.8 Å². The fourth-order valence-electron chi connectivity index (χ4n) is 6.65. The number of rotatable bonds is 4. The van der Waals surface area contributed by atoms with Crippen LogP contribution in [0.1, 0.15) is 67.7 Å². The third-order valence-electron chi connectivity index (χ3n) is 8.70. The largest absolute Gasteiger partial charge is 0.444 e. The van der Waals surface area contributed by atoms with Crippen LogP contribution in [0.4, 0.5) is 15.0 Å². The van der Waals surface area contributed by atoms with Gasteiger partial charge in [0.2, 0.25) is 5.28 Å². The summed E-state index contributed by atoms with van der Waals surface area (Å²) in [5, 5.41) is 1.51. The number of anilines is 1. The minimum atomic E-state index is -0.750. The van der Waals surface area contributed by atoms with Crippen LogP contribution in [0.15, 0.2) is 36.4 Å². The lowest BCUT2D eigenvalue weighted by Crippen LogP contribution is -2.62. The molecule has 0 saturated carbocycles. The Balaban J connectivity index is 1.47. The lowest BCUT2D eigenvalue weighted by molar-refractivity contribution is -0.142. The van der Waals surface area contributed by atoms with Crippen molar-refractivity contribution in [1.29, 1.82) is 0 Å². The molecule has 2 aromatic heterocycles. The second kappa shape index (κ2) is 12.0. The zero-order chi connectivity index (χ0) is 34.0. The van der Waals surface area contributed by atoms with Gasteiger partial charge in [0, 0.05) is 12.1 Å². The predicted octanol–water partition coefficient (Wildman–Crippen LogP) is 8.61. The second-order valence-corrected chi connectivity index (χ2v) is 14.9. The molecule has 0 N–H and O–H groups in total. The highest BCUT2D eigenvalue weighted by Gasteiger charge is 2.50. The molecular formula is C35H38Cl2FN5O4. The number of benzene rings is 2. The second-order valence-electron chi connectivity index (χ2n) is 14.3. The molecule has 0 radical (unpaired) electrons. The summed E-state index contributed by atoms with van der Waals surface area (Å²) in [4.78, 5) is 43.4. The standard InChI is InChI=1S/C35H38Cl2FN5O4/c1-8-23-24-14-13-19(43(24)33(45)47-35(5,6)7)17-42(23)30-25-28(40-32(37)41-30)26(38)27(39-29(25)36)22-16-20(46-31(44)34(2,3)4)15-18-11-9-10-12-21(18)22/h9-12,15-16,19,23-24H,8,13-14,17H2,1-7H3/t19-,23-,24+/m1/s1. The molecule has 9 nitrogen and oxygen atoms in total. The van der Waals surface area contributed by atoms with E-state index in [0.717, 1.165) is 18.2 Å². The third kappa shape index (κ3) is 6.18. The Hall–Kier alpha value is -3.76. The van der Waals surface area contributed by atoms with Crippen molar-refractivity contribution in [2.75, 3.05) is 11.4 Å². The molecule has 4 aromatic rings. The van der Waals surface area contributed by atoms with Crippen molar-refractivity contribution in [3.8, 4) is 17.0 Å².